The summed E-state index contributed by atoms with van der Waals surface area (Å²) in [6.45, 7) is 5.28. The van der Waals surface area contributed by atoms with Gasteiger partial charge in [0.2, 0.25) is 0 Å². The molecule has 1 aromatic rings. The molecule has 0 radical (unpaired) electrons. The predicted octanol–water partition coefficient (Wildman–Crippen LogP) is 2.05. The zero-order valence-corrected chi connectivity index (χ0v) is 12.5. The number of amides is 1. The highest BCUT2D eigenvalue weighted by molar-refractivity contribution is 5.87. The molecule has 1 aliphatic carbocycles. The van der Waals surface area contributed by atoms with Gasteiger partial charge in [-0.2, -0.15) is 0 Å². The molecule has 6 heteroatoms. The normalized spacial score (nSPS) is 25.1. The van der Waals surface area contributed by atoms with Crippen LogP contribution in [0.15, 0.2) is 18.2 Å². The fourth-order valence-electron chi connectivity index (χ4n) is 2.38. The van der Waals surface area contributed by atoms with E-state index in [4.69, 9.17) is 10.5 Å². The van der Waals surface area contributed by atoms with Crippen LogP contribution >= 0.6 is 0 Å². The van der Waals surface area contributed by atoms with Gasteiger partial charge in [-0.15, -0.1) is 0 Å². The van der Waals surface area contributed by atoms with Crippen LogP contribution in [0, 0.1) is 0 Å². The van der Waals surface area contributed by atoms with E-state index >= 15 is 0 Å². The van der Waals surface area contributed by atoms with Crippen molar-refractivity contribution in [2.75, 3.05) is 5.32 Å². The minimum Gasteiger partial charge on any atom is -0.506 e. The Morgan fingerprint density at radius 2 is 2.05 bits per heavy atom. The fraction of sp³-hybridized carbons (Fsp3) is 0.533. The molecule has 0 bridgehead atoms. The lowest BCUT2D eigenvalue weighted by Gasteiger charge is -2.42. The summed E-state index contributed by atoms with van der Waals surface area (Å²) in [5, 5.41) is 21.9. The summed E-state index contributed by atoms with van der Waals surface area (Å²) < 4.78 is 5.12. The van der Waals surface area contributed by atoms with Crippen LogP contribution in [0.25, 0.3) is 0 Å². The highest BCUT2D eigenvalue weighted by Gasteiger charge is 2.41. The minimum atomic E-state index is -0.632. The van der Waals surface area contributed by atoms with E-state index in [0.717, 1.165) is 5.56 Å². The lowest BCUT2D eigenvalue weighted by Crippen LogP contribution is -2.51. The second-order valence-electron chi connectivity index (χ2n) is 6.58. The maximum atomic E-state index is 11.7. The van der Waals surface area contributed by atoms with Gasteiger partial charge in [0, 0.05) is 5.54 Å². The molecule has 0 aromatic heterocycles. The van der Waals surface area contributed by atoms with Gasteiger partial charge in [0.1, 0.15) is 11.4 Å². The van der Waals surface area contributed by atoms with E-state index < -0.39 is 23.3 Å². The summed E-state index contributed by atoms with van der Waals surface area (Å²) in [7, 11) is 0. The third-order valence-electron chi connectivity index (χ3n) is 3.41. The van der Waals surface area contributed by atoms with E-state index in [-0.39, 0.29) is 11.4 Å². The highest BCUT2D eigenvalue weighted by atomic mass is 16.6. The van der Waals surface area contributed by atoms with E-state index in [1.54, 1.807) is 32.9 Å². The molecule has 0 atom stereocenters. The first-order chi connectivity index (χ1) is 9.59. The first-order valence-corrected chi connectivity index (χ1v) is 6.89. The molecule has 6 nitrogen and oxygen atoms in total. The summed E-state index contributed by atoms with van der Waals surface area (Å²) in [6.07, 6.45) is -0.0971. The molecule has 1 saturated carbocycles. The number of hydrogen-bond donors (Lipinski definition) is 4. The number of phenols is 1. The summed E-state index contributed by atoms with van der Waals surface area (Å²) in [5.41, 5.74) is 5.91. The number of aliphatic hydroxyl groups is 1. The van der Waals surface area contributed by atoms with Crippen molar-refractivity contribution in [2.24, 2.45) is 5.73 Å². The maximum absolute atomic E-state index is 11.7. The Hall–Kier alpha value is -1.79. The summed E-state index contributed by atoms with van der Waals surface area (Å²) in [5.74, 6) is -0.0791. The molecule has 2 rings (SSSR count). The largest absolute Gasteiger partial charge is 0.506 e. The van der Waals surface area contributed by atoms with Gasteiger partial charge in [0.15, 0.2) is 0 Å². The second kappa shape index (κ2) is 5.20. The van der Waals surface area contributed by atoms with Gasteiger partial charge in [-0.3, -0.25) is 5.32 Å². The Morgan fingerprint density at radius 3 is 2.52 bits per heavy atom. The van der Waals surface area contributed by atoms with E-state index in [9.17, 15) is 15.0 Å². The molecule has 0 aliphatic heterocycles. The molecule has 1 fully saturated rings. The molecule has 0 saturated heterocycles. The Balaban J connectivity index is 2.08. The monoisotopic (exact) mass is 294 g/mol. The summed E-state index contributed by atoms with van der Waals surface area (Å²) >= 11 is 0. The number of aromatic hydroxyl groups is 1. The van der Waals surface area contributed by atoms with Crippen LogP contribution in [0.1, 0.15) is 39.2 Å². The van der Waals surface area contributed by atoms with Crippen LogP contribution in [0.2, 0.25) is 0 Å². The van der Waals surface area contributed by atoms with Crippen molar-refractivity contribution in [3.8, 4) is 5.75 Å². The number of ether oxygens (including phenoxy) is 1. The summed E-state index contributed by atoms with van der Waals surface area (Å²) in [6, 6.07) is 4.82. The molecule has 1 amide bonds. The topological polar surface area (TPSA) is 105 Å². The average Bonchev–Trinajstić information content (AvgIpc) is 2.27. The van der Waals surface area contributed by atoms with E-state index in [1.165, 1.54) is 6.07 Å². The van der Waals surface area contributed by atoms with Gasteiger partial charge < -0.3 is 20.7 Å². The molecule has 116 valence electrons. The number of benzene rings is 1. The number of carbonyl (C=O) groups is 1. The molecule has 5 N–H and O–H groups in total. The maximum Gasteiger partial charge on any atom is 0.412 e. The Kier molecular flexibility index (Phi) is 3.86. The Morgan fingerprint density at radius 1 is 1.43 bits per heavy atom. The number of phenolic OH excluding ortho intramolecular Hbond substituents is 1. The zero-order valence-electron chi connectivity index (χ0n) is 12.5. The van der Waals surface area contributed by atoms with Gasteiger partial charge in [0.05, 0.1) is 11.8 Å². The molecule has 0 heterocycles. The van der Waals surface area contributed by atoms with Crippen LogP contribution < -0.4 is 11.1 Å². The third kappa shape index (κ3) is 3.65. The molecule has 0 unspecified atom stereocenters. The minimum absolute atomic E-state index is 0.0791. The SMILES string of the molecule is CC(C)(C)OC(=O)Nc1ccc(C2(N)CC(O)C2)cc1O. The van der Waals surface area contributed by atoms with Crippen molar-refractivity contribution in [2.45, 2.75) is 50.9 Å². The first-order valence-electron chi connectivity index (χ1n) is 6.89. The zero-order chi connectivity index (χ0) is 15.8. The lowest BCUT2D eigenvalue weighted by atomic mass is 9.70. The van der Waals surface area contributed by atoms with Crippen molar-refractivity contribution in [3.63, 3.8) is 0 Å². The molecule has 21 heavy (non-hydrogen) atoms. The molecular weight excluding hydrogens is 272 g/mol. The quantitative estimate of drug-likeness (QED) is 0.625. The van der Waals surface area contributed by atoms with Crippen LogP contribution in [-0.4, -0.2) is 28.0 Å². The number of anilines is 1. The van der Waals surface area contributed by atoms with E-state index in [1.807, 2.05) is 0 Å². The molecular formula is C15H22N2O4. The molecule has 1 aliphatic rings. The lowest BCUT2D eigenvalue weighted by molar-refractivity contribution is 0.0208. The number of carbonyl (C=O) groups excluding carboxylic acids is 1. The van der Waals surface area contributed by atoms with Gasteiger partial charge in [-0.25, -0.2) is 4.79 Å². The number of hydrogen-bond acceptors (Lipinski definition) is 5. The Labute approximate surface area is 123 Å². The predicted molar refractivity (Wildman–Crippen MR) is 79.1 cm³/mol. The van der Waals surface area contributed by atoms with E-state index in [2.05, 4.69) is 5.32 Å². The van der Waals surface area contributed by atoms with Crippen LogP contribution in [-0.2, 0) is 10.3 Å². The number of nitrogens with two attached hydrogens (primary N) is 1. The van der Waals surface area contributed by atoms with Crippen LogP contribution in [0.4, 0.5) is 10.5 Å². The number of aliphatic hydroxyl groups excluding tert-OH is 1. The van der Waals surface area contributed by atoms with Gasteiger partial charge in [-0.1, -0.05) is 6.07 Å². The van der Waals surface area contributed by atoms with Crippen molar-refractivity contribution < 1.29 is 19.7 Å². The van der Waals surface area contributed by atoms with E-state index in [0.29, 0.717) is 12.8 Å². The van der Waals surface area contributed by atoms with Crippen molar-refractivity contribution in [1.82, 2.24) is 0 Å². The molecule has 0 spiro atoms. The average molecular weight is 294 g/mol. The standard InChI is InChI=1S/C15H22N2O4/c1-14(2,3)21-13(20)17-11-5-4-9(6-12(11)19)15(16)7-10(18)8-15/h4-6,10,18-19H,7-8,16H2,1-3H3,(H,17,20). The van der Waals surface area contributed by atoms with Crippen molar-refractivity contribution in [3.05, 3.63) is 23.8 Å². The van der Waals surface area contributed by atoms with Crippen LogP contribution in [0.3, 0.4) is 0 Å². The third-order valence-corrected chi connectivity index (χ3v) is 3.41. The summed E-state index contributed by atoms with van der Waals surface area (Å²) in [4.78, 5) is 11.7. The Bertz CT molecular complexity index is 545. The fourth-order valence-corrected chi connectivity index (χ4v) is 2.38. The highest BCUT2D eigenvalue weighted by Crippen LogP contribution is 2.41. The number of nitrogens with one attached hydrogen (secondary N) is 1. The molecule has 1 aromatic carbocycles. The van der Waals surface area contributed by atoms with Gasteiger partial charge in [0.25, 0.3) is 0 Å². The number of rotatable bonds is 2. The van der Waals surface area contributed by atoms with Gasteiger partial charge >= 0.3 is 6.09 Å². The van der Waals surface area contributed by atoms with Crippen molar-refractivity contribution in [1.29, 1.82) is 0 Å². The smallest absolute Gasteiger partial charge is 0.412 e. The second-order valence-corrected chi connectivity index (χ2v) is 6.58. The van der Waals surface area contributed by atoms with Crippen molar-refractivity contribution >= 4 is 11.8 Å². The van der Waals surface area contributed by atoms with Crippen LogP contribution in [0.5, 0.6) is 5.75 Å². The van der Waals surface area contributed by atoms with Gasteiger partial charge in [-0.05, 0) is 51.3 Å². The first kappa shape index (κ1) is 15.6.